The van der Waals surface area contributed by atoms with Crippen LogP contribution in [0.5, 0.6) is 0 Å². The van der Waals surface area contributed by atoms with Crippen LogP contribution in [0.25, 0.3) is 93.9 Å². The van der Waals surface area contributed by atoms with Gasteiger partial charge in [0.2, 0.25) is 0 Å². The summed E-state index contributed by atoms with van der Waals surface area (Å²) < 4.78 is 13.1. The lowest BCUT2D eigenvalue weighted by atomic mass is 9.82. The van der Waals surface area contributed by atoms with Crippen LogP contribution in [0, 0.1) is 0 Å². The molecule has 13 rings (SSSR count). The summed E-state index contributed by atoms with van der Waals surface area (Å²) in [7, 11) is 0. The smallest absolute Gasteiger partial charge is 0.143 e. The van der Waals surface area contributed by atoms with Crippen molar-refractivity contribution in [1.82, 2.24) is 0 Å². The van der Waals surface area contributed by atoms with Gasteiger partial charge in [-0.15, -0.1) is 0 Å². The van der Waals surface area contributed by atoms with Crippen LogP contribution in [0.2, 0.25) is 0 Å². The topological polar surface area (TPSA) is 29.5 Å². The average Bonchev–Trinajstić information content (AvgIpc) is 3.94. The predicted octanol–water partition coefficient (Wildman–Crippen LogP) is 17.7. The summed E-state index contributed by atoms with van der Waals surface area (Å²) in [6.45, 7) is 0. The Kier molecular flexibility index (Phi) is 8.67. The molecule has 306 valence electrons. The molecule has 0 N–H and O–H groups in total. The van der Waals surface area contributed by atoms with E-state index in [1.165, 1.54) is 54.7 Å². The summed E-state index contributed by atoms with van der Waals surface area (Å²) in [6.07, 6.45) is 5.29. The molecule has 2 heterocycles. The molecule has 1 aliphatic rings. The Morgan fingerprint density at radius 1 is 0.400 bits per heavy atom. The maximum atomic E-state index is 6.63. The van der Waals surface area contributed by atoms with Crippen LogP contribution in [0.3, 0.4) is 0 Å². The quantitative estimate of drug-likeness (QED) is 0.160. The zero-order chi connectivity index (χ0) is 42.8. The standard InChI is InChI=1S/C62H41NO2/c1-2-13-43-37-48(27-26-40(43)12-1)45-17-9-16-44(36-45)41-28-32-49(33-29-41)63(50-34-30-42(31-35-50)51-20-10-22-55-53-19-6-8-24-58(53)65-62(51)55)57-23-7-5-18-52(57)54-21-11-25-59-61(54)56-38-46-14-3-4-15-47(46)39-60(56)64-59/h1-20,22-39,54H,21H2. The third-order valence-corrected chi connectivity index (χ3v) is 13.4. The van der Waals surface area contributed by atoms with E-state index in [2.05, 4.69) is 223 Å². The second kappa shape index (κ2) is 15.1. The fourth-order valence-electron chi connectivity index (χ4n) is 10.2. The molecule has 1 unspecified atom stereocenters. The summed E-state index contributed by atoms with van der Waals surface area (Å²) in [4.78, 5) is 2.42. The SMILES string of the molecule is C1=Cc2oc3cc4ccccc4cc3c2C(c2ccccc2N(c2ccc(-c3cccc(-c4ccc5ccccc5c4)c3)cc2)c2ccc(-c3cccc4c3oc3ccccc34)cc2)C1. The van der Waals surface area contributed by atoms with Crippen molar-refractivity contribution in [2.75, 3.05) is 4.90 Å². The fraction of sp³-hybridized carbons (Fsp3) is 0.0323. The number of allylic oxidation sites excluding steroid dienone is 1. The van der Waals surface area contributed by atoms with Gasteiger partial charge in [0.15, 0.2) is 0 Å². The van der Waals surface area contributed by atoms with Crippen LogP contribution in [-0.2, 0) is 0 Å². The molecular formula is C62H41NO2. The molecule has 0 saturated heterocycles. The molecule has 2 aromatic heterocycles. The first kappa shape index (κ1) is 37.2. The maximum absolute atomic E-state index is 6.63. The Bertz CT molecular complexity index is 3810. The molecule has 10 aromatic carbocycles. The minimum atomic E-state index is 0.0817. The summed E-state index contributed by atoms with van der Waals surface area (Å²) in [5.74, 6) is 1.02. The maximum Gasteiger partial charge on any atom is 0.143 e. The van der Waals surface area contributed by atoms with Gasteiger partial charge in [0.05, 0.1) is 0 Å². The molecule has 65 heavy (non-hydrogen) atoms. The second-order valence-corrected chi connectivity index (χ2v) is 17.2. The van der Waals surface area contributed by atoms with Crippen molar-refractivity contribution in [3.63, 3.8) is 0 Å². The van der Waals surface area contributed by atoms with Gasteiger partial charge in [-0.25, -0.2) is 0 Å². The number of anilines is 3. The third kappa shape index (κ3) is 6.35. The van der Waals surface area contributed by atoms with Crippen molar-refractivity contribution in [1.29, 1.82) is 0 Å². The Labute approximate surface area is 376 Å². The third-order valence-electron chi connectivity index (χ3n) is 13.4. The summed E-state index contributed by atoms with van der Waals surface area (Å²) in [6, 6.07) is 78.9. The van der Waals surface area contributed by atoms with Crippen LogP contribution < -0.4 is 4.90 Å². The molecule has 0 bridgehead atoms. The van der Waals surface area contributed by atoms with Crippen molar-refractivity contribution in [3.05, 3.63) is 241 Å². The molecule has 3 heteroatoms. The van der Waals surface area contributed by atoms with Crippen molar-refractivity contribution < 1.29 is 8.83 Å². The van der Waals surface area contributed by atoms with Crippen LogP contribution in [-0.4, -0.2) is 0 Å². The van der Waals surface area contributed by atoms with E-state index < -0.39 is 0 Å². The number of furan rings is 2. The number of para-hydroxylation sites is 3. The molecule has 12 aromatic rings. The highest BCUT2D eigenvalue weighted by Crippen LogP contribution is 2.48. The number of hydrogen-bond donors (Lipinski definition) is 0. The molecule has 0 aliphatic heterocycles. The van der Waals surface area contributed by atoms with Crippen LogP contribution >= 0.6 is 0 Å². The van der Waals surface area contributed by atoms with Crippen LogP contribution in [0.1, 0.15) is 29.2 Å². The molecular weight excluding hydrogens is 791 g/mol. The van der Waals surface area contributed by atoms with Gasteiger partial charge in [0.1, 0.15) is 22.5 Å². The first-order chi connectivity index (χ1) is 32.2. The highest BCUT2D eigenvalue weighted by molar-refractivity contribution is 6.09. The van der Waals surface area contributed by atoms with Gasteiger partial charge in [-0.1, -0.05) is 164 Å². The number of rotatable bonds is 7. The Hall–Kier alpha value is -8.40. The molecule has 3 nitrogen and oxygen atoms in total. The van der Waals surface area contributed by atoms with Gasteiger partial charge in [-0.3, -0.25) is 0 Å². The highest BCUT2D eigenvalue weighted by Gasteiger charge is 2.29. The lowest BCUT2D eigenvalue weighted by Gasteiger charge is -2.31. The van der Waals surface area contributed by atoms with E-state index in [1.54, 1.807) is 0 Å². The zero-order valence-electron chi connectivity index (χ0n) is 35.5. The zero-order valence-corrected chi connectivity index (χ0v) is 35.5. The first-order valence-corrected chi connectivity index (χ1v) is 22.4. The summed E-state index contributed by atoms with van der Waals surface area (Å²) in [5, 5.41) is 8.33. The number of hydrogen-bond acceptors (Lipinski definition) is 3. The first-order valence-electron chi connectivity index (χ1n) is 22.4. The monoisotopic (exact) mass is 831 g/mol. The number of fused-ring (bicyclic) bond motifs is 8. The van der Waals surface area contributed by atoms with Crippen molar-refractivity contribution in [2.45, 2.75) is 12.3 Å². The van der Waals surface area contributed by atoms with Gasteiger partial charge in [-0.2, -0.15) is 0 Å². The van der Waals surface area contributed by atoms with E-state index in [4.69, 9.17) is 8.83 Å². The van der Waals surface area contributed by atoms with Crippen LogP contribution in [0.15, 0.2) is 233 Å². The minimum Gasteiger partial charge on any atom is -0.456 e. The van der Waals surface area contributed by atoms with E-state index in [-0.39, 0.29) is 5.92 Å². The summed E-state index contributed by atoms with van der Waals surface area (Å²) in [5.41, 5.74) is 15.4. The molecule has 1 atom stereocenters. The predicted molar refractivity (Wildman–Crippen MR) is 271 cm³/mol. The van der Waals surface area contributed by atoms with Crippen molar-refractivity contribution in [3.8, 4) is 33.4 Å². The van der Waals surface area contributed by atoms with E-state index >= 15 is 0 Å². The Morgan fingerprint density at radius 2 is 1.02 bits per heavy atom. The van der Waals surface area contributed by atoms with Gasteiger partial charge in [0, 0.05) is 50.3 Å². The Morgan fingerprint density at radius 3 is 1.83 bits per heavy atom. The average molecular weight is 832 g/mol. The van der Waals surface area contributed by atoms with E-state index in [0.29, 0.717) is 0 Å². The molecule has 0 spiro atoms. The van der Waals surface area contributed by atoms with E-state index in [9.17, 15) is 0 Å². The van der Waals surface area contributed by atoms with Gasteiger partial charge in [-0.05, 0) is 128 Å². The highest BCUT2D eigenvalue weighted by atomic mass is 16.3. The Balaban J connectivity index is 0.929. The molecule has 0 fully saturated rings. The number of nitrogens with zero attached hydrogens (tertiary/aromatic N) is 1. The van der Waals surface area contributed by atoms with Crippen LogP contribution in [0.4, 0.5) is 17.1 Å². The largest absolute Gasteiger partial charge is 0.456 e. The van der Waals surface area contributed by atoms with Crippen molar-refractivity contribution in [2.24, 2.45) is 0 Å². The van der Waals surface area contributed by atoms with E-state index in [1.807, 2.05) is 12.1 Å². The normalized spacial score (nSPS) is 13.6. The molecule has 0 amide bonds. The van der Waals surface area contributed by atoms with Gasteiger partial charge in [0.25, 0.3) is 0 Å². The fourth-order valence-corrected chi connectivity index (χ4v) is 10.2. The summed E-state index contributed by atoms with van der Waals surface area (Å²) >= 11 is 0. The second-order valence-electron chi connectivity index (χ2n) is 17.2. The lowest BCUT2D eigenvalue weighted by molar-refractivity contribution is 0.590. The molecule has 0 saturated carbocycles. The van der Waals surface area contributed by atoms with Gasteiger partial charge >= 0.3 is 0 Å². The lowest BCUT2D eigenvalue weighted by Crippen LogP contribution is -2.15. The van der Waals surface area contributed by atoms with Crippen molar-refractivity contribution >= 4 is 77.6 Å². The minimum absolute atomic E-state index is 0.0817. The molecule has 1 aliphatic carbocycles. The molecule has 0 radical (unpaired) electrons. The van der Waals surface area contributed by atoms with Gasteiger partial charge < -0.3 is 13.7 Å². The number of benzene rings is 10. The van der Waals surface area contributed by atoms with E-state index in [0.717, 1.165) is 73.5 Å².